The monoisotopic (exact) mass is 293 g/mol. The largest absolute Gasteiger partial charge is 0.478 e. The highest BCUT2D eigenvalue weighted by Crippen LogP contribution is 2.16. The van der Waals surface area contributed by atoms with Crippen molar-refractivity contribution in [3.63, 3.8) is 0 Å². The average Bonchev–Trinajstić information content (AvgIpc) is 2.39. The SMILES string of the molecule is O=C(O)c1cnc(Cc2ccc([N+](=O)[O-])cc2)nc1Cl. The molecule has 0 atom stereocenters. The van der Waals surface area contributed by atoms with Crippen molar-refractivity contribution in [1.82, 2.24) is 9.97 Å². The van der Waals surface area contributed by atoms with E-state index < -0.39 is 10.9 Å². The van der Waals surface area contributed by atoms with Crippen molar-refractivity contribution in [2.75, 3.05) is 0 Å². The van der Waals surface area contributed by atoms with Gasteiger partial charge in [0.2, 0.25) is 0 Å². The molecule has 1 N–H and O–H groups in total. The molecule has 0 radical (unpaired) electrons. The van der Waals surface area contributed by atoms with E-state index in [-0.39, 0.29) is 16.4 Å². The van der Waals surface area contributed by atoms with E-state index in [0.29, 0.717) is 12.2 Å². The summed E-state index contributed by atoms with van der Waals surface area (Å²) < 4.78 is 0. The predicted molar refractivity (Wildman–Crippen MR) is 69.9 cm³/mol. The predicted octanol–water partition coefficient (Wildman–Crippen LogP) is 2.33. The number of halogens is 1. The normalized spacial score (nSPS) is 10.2. The van der Waals surface area contributed by atoms with Crippen LogP contribution in [0.1, 0.15) is 21.7 Å². The van der Waals surface area contributed by atoms with E-state index in [0.717, 1.165) is 11.8 Å². The standard InChI is InChI=1S/C12H8ClN3O4/c13-11-9(12(17)18)6-14-10(15-11)5-7-1-3-8(4-2-7)16(19)20/h1-4,6H,5H2,(H,17,18). The number of benzene rings is 1. The average molecular weight is 294 g/mol. The van der Waals surface area contributed by atoms with Crippen LogP contribution < -0.4 is 0 Å². The lowest BCUT2D eigenvalue weighted by atomic mass is 10.1. The van der Waals surface area contributed by atoms with Gasteiger partial charge < -0.3 is 5.11 Å². The minimum Gasteiger partial charge on any atom is -0.478 e. The molecule has 2 aromatic rings. The first-order chi connectivity index (χ1) is 9.47. The number of hydrogen-bond donors (Lipinski definition) is 1. The van der Waals surface area contributed by atoms with Crippen molar-refractivity contribution in [3.8, 4) is 0 Å². The van der Waals surface area contributed by atoms with Crippen molar-refractivity contribution in [2.45, 2.75) is 6.42 Å². The lowest BCUT2D eigenvalue weighted by Gasteiger charge is -2.03. The Morgan fingerprint density at radius 2 is 2.00 bits per heavy atom. The van der Waals surface area contributed by atoms with E-state index in [1.165, 1.54) is 12.1 Å². The zero-order valence-corrected chi connectivity index (χ0v) is 10.7. The van der Waals surface area contributed by atoms with Gasteiger partial charge in [-0.05, 0) is 5.56 Å². The minimum atomic E-state index is -1.20. The van der Waals surface area contributed by atoms with Crippen LogP contribution in [0, 0.1) is 10.1 Å². The summed E-state index contributed by atoms with van der Waals surface area (Å²) in [5.41, 5.74) is 0.586. The molecule has 0 fully saturated rings. The van der Waals surface area contributed by atoms with Crippen molar-refractivity contribution in [3.05, 3.63) is 62.7 Å². The maximum absolute atomic E-state index is 10.8. The maximum atomic E-state index is 10.8. The highest BCUT2D eigenvalue weighted by Gasteiger charge is 2.12. The third kappa shape index (κ3) is 3.07. The number of nitro groups is 1. The Morgan fingerprint density at radius 3 is 2.50 bits per heavy atom. The Balaban J connectivity index is 2.19. The topological polar surface area (TPSA) is 106 Å². The second-order valence-electron chi connectivity index (χ2n) is 3.90. The number of nitro benzene ring substituents is 1. The third-order valence-electron chi connectivity index (χ3n) is 2.53. The number of carboxylic acids is 1. The maximum Gasteiger partial charge on any atom is 0.340 e. The van der Waals surface area contributed by atoms with Gasteiger partial charge in [0.1, 0.15) is 16.5 Å². The first-order valence-electron chi connectivity index (χ1n) is 5.45. The van der Waals surface area contributed by atoms with Gasteiger partial charge in [0.15, 0.2) is 0 Å². The van der Waals surface area contributed by atoms with E-state index in [9.17, 15) is 14.9 Å². The van der Waals surface area contributed by atoms with Crippen molar-refractivity contribution in [2.24, 2.45) is 0 Å². The van der Waals surface area contributed by atoms with Crippen molar-refractivity contribution in [1.29, 1.82) is 0 Å². The van der Waals surface area contributed by atoms with Gasteiger partial charge in [0.25, 0.3) is 5.69 Å². The van der Waals surface area contributed by atoms with Gasteiger partial charge in [-0.3, -0.25) is 10.1 Å². The van der Waals surface area contributed by atoms with Crippen LogP contribution in [0.2, 0.25) is 5.15 Å². The molecule has 0 unspecified atom stereocenters. The first kappa shape index (κ1) is 13.9. The van der Waals surface area contributed by atoms with Gasteiger partial charge in [-0.25, -0.2) is 14.8 Å². The second kappa shape index (κ2) is 5.62. The van der Waals surface area contributed by atoms with Gasteiger partial charge in [0.05, 0.1) is 4.92 Å². The van der Waals surface area contributed by atoms with Crippen LogP contribution in [-0.2, 0) is 6.42 Å². The molecule has 0 saturated heterocycles. The summed E-state index contributed by atoms with van der Waals surface area (Å²) in [4.78, 5) is 28.6. The van der Waals surface area contributed by atoms with Crippen LogP contribution in [0.5, 0.6) is 0 Å². The Bertz CT molecular complexity index is 673. The van der Waals surface area contributed by atoms with Crippen LogP contribution in [0.25, 0.3) is 0 Å². The van der Waals surface area contributed by atoms with E-state index in [4.69, 9.17) is 16.7 Å². The molecule has 1 aromatic carbocycles. The Morgan fingerprint density at radius 1 is 1.35 bits per heavy atom. The first-order valence-corrected chi connectivity index (χ1v) is 5.83. The van der Waals surface area contributed by atoms with Crippen molar-refractivity contribution < 1.29 is 14.8 Å². The van der Waals surface area contributed by atoms with E-state index >= 15 is 0 Å². The molecule has 1 heterocycles. The number of aromatic nitrogens is 2. The highest BCUT2D eigenvalue weighted by atomic mass is 35.5. The Labute approximate surface area is 118 Å². The van der Waals surface area contributed by atoms with Crippen molar-refractivity contribution >= 4 is 23.3 Å². The molecule has 0 amide bonds. The molecule has 0 aliphatic carbocycles. The number of aromatic carboxylic acids is 1. The lowest BCUT2D eigenvalue weighted by molar-refractivity contribution is -0.384. The van der Waals surface area contributed by atoms with Gasteiger partial charge >= 0.3 is 5.97 Å². The number of non-ortho nitro benzene ring substituents is 1. The zero-order valence-electron chi connectivity index (χ0n) is 9.99. The minimum absolute atomic E-state index is 0.00562. The number of carboxylic acid groups (broad SMARTS) is 1. The molecule has 0 bridgehead atoms. The van der Waals surface area contributed by atoms with Gasteiger partial charge in [0, 0.05) is 24.8 Å². The molecule has 102 valence electrons. The third-order valence-corrected chi connectivity index (χ3v) is 2.82. The molecule has 20 heavy (non-hydrogen) atoms. The highest BCUT2D eigenvalue weighted by molar-refractivity contribution is 6.32. The molecule has 7 nitrogen and oxygen atoms in total. The number of hydrogen-bond acceptors (Lipinski definition) is 5. The Kier molecular flexibility index (Phi) is 3.90. The molecule has 1 aromatic heterocycles. The molecule has 0 aliphatic rings. The smallest absolute Gasteiger partial charge is 0.340 e. The van der Waals surface area contributed by atoms with E-state index in [1.807, 2.05) is 0 Å². The lowest BCUT2D eigenvalue weighted by Crippen LogP contribution is -2.04. The quantitative estimate of drug-likeness (QED) is 0.527. The fourth-order valence-corrected chi connectivity index (χ4v) is 1.77. The second-order valence-corrected chi connectivity index (χ2v) is 4.25. The Hall–Kier alpha value is -2.54. The van der Waals surface area contributed by atoms with Gasteiger partial charge in [-0.2, -0.15) is 0 Å². The molecule has 8 heteroatoms. The number of rotatable bonds is 4. The van der Waals surface area contributed by atoms with Crippen LogP contribution in [0.3, 0.4) is 0 Å². The van der Waals surface area contributed by atoms with Crippen LogP contribution in [0.4, 0.5) is 5.69 Å². The van der Waals surface area contributed by atoms with Gasteiger partial charge in [-0.15, -0.1) is 0 Å². The molecule has 0 spiro atoms. The van der Waals surface area contributed by atoms with E-state index in [1.54, 1.807) is 12.1 Å². The fraction of sp³-hybridized carbons (Fsp3) is 0.0833. The summed E-state index contributed by atoms with van der Waals surface area (Å²) in [7, 11) is 0. The summed E-state index contributed by atoms with van der Waals surface area (Å²) in [6.07, 6.45) is 1.44. The van der Waals surface area contributed by atoms with Crippen LogP contribution in [-0.4, -0.2) is 26.0 Å². The number of carbonyl (C=O) groups is 1. The summed E-state index contributed by atoms with van der Waals surface area (Å²) in [6.45, 7) is 0. The summed E-state index contributed by atoms with van der Waals surface area (Å²) in [6, 6.07) is 5.92. The molecular formula is C12H8ClN3O4. The molecule has 0 aliphatic heterocycles. The number of nitrogens with zero attached hydrogens (tertiary/aromatic N) is 3. The fourth-order valence-electron chi connectivity index (χ4n) is 1.54. The summed E-state index contributed by atoms with van der Waals surface area (Å²) in [5.74, 6) is -0.856. The summed E-state index contributed by atoms with van der Waals surface area (Å²) in [5, 5.41) is 19.2. The zero-order chi connectivity index (χ0) is 14.7. The van der Waals surface area contributed by atoms with Gasteiger partial charge in [-0.1, -0.05) is 23.7 Å². The van der Waals surface area contributed by atoms with Crippen LogP contribution >= 0.6 is 11.6 Å². The molecular weight excluding hydrogens is 286 g/mol. The molecule has 2 rings (SSSR count). The summed E-state index contributed by atoms with van der Waals surface area (Å²) >= 11 is 5.74. The van der Waals surface area contributed by atoms with E-state index in [2.05, 4.69) is 9.97 Å². The molecule has 0 saturated carbocycles. The van der Waals surface area contributed by atoms with Crippen LogP contribution in [0.15, 0.2) is 30.5 Å².